The van der Waals surface area contributed by atoms with Crippen molar-refractivity contribution in [3.8, 4) is 17.1 Å². The molecule has 26 heavy (non-hydrogen) atoms. The second-order valence-corrected chi connectivity index (χ2v) is 6.73. The number of methoxy groups -OCH3 is 1. The summed E-state index contributed by atoms with van der Waals surface area (Å²) in [5, 5.41) is 12.4. The highest BCUT2D eigenvalue weighted by Gasteiger charge is 2.15. The highest BCUT2D eigenvalue weighted by atomic mass is 35.5. The van der Waals surface area contributed by atoms with Crippen LogP contribution in [0.25, 0.3) is 11.4 Å². The predicted molar refractivity (Wildman–Crippen MR) is 104 cm³/mol. The third kappa shape index (κ3) is 4.00. The average molecular weight is 389 g/mol. The van der Waals surface area contributed by atoms with Crippen molar-refractivity contribution in [2.75, 3.05) is 18.2 Å². The molecule has 1 amide bonds. The number of anilines is 1. The third-order valence-electron chi connectivity index (χ3n) is 3.66. The van der Waals surface area contributed by atoms with Gasteiger partial charge in [-0.15, -0.1) is 10.2 Å². The van der Waals surface area contributed by atoms with Gasteiger partial charge in [-0.05, 0) is 24.3 Å². The Morgan fingerprint density at radius 2 is 1.92 bits per heavy atom. The van der Waals surface area contributed by atoms with Crippen LogP contribution < -0.4 is 10.1 Å². The number of amides is 1. The summed E-state index contributed by atoms with van der Waals surface area (Å²) in [6.07, 6.45) is 0. The van der Waals surface area contributed by atoms with E-state index in [0.29, 0.717) is 27.4 Å². The van der Waals surface area contributed by atoms with Gasteiger partial charge in [0.2, 0.25) is 5.91 Å². The molecule has 0 saturated heterocycles. The Labute approximate surface area is 160 Å². The number of rotatable bonds is 6. The first-order valence-electron chi connectivity index (χ1n) is 7.80. The van der Waals surface area contributed by atoms with Crippen LogP contribution in [0.15, 0.2) is 53.7 Å². The lowest BCUT2D eigenvalue weighted by Gasteiger charge is -2.09. The molecule has 6 nitrogen and oxygen atoms in total. The molecular formula is C18H17ClN4O2S. The number of halogens is 1. The highest BCUT2D eigenvalue weighted by Crippen LogP contribution is 2.28. The maximum absolute atomic E-state index is 12.2. The highest BCUT2D eigenvalue weighted by molar-refractivity contribution is 7.99. The van der Waals surface area contributed by atoms with Gasteiger partial charge in [-0.25, -0.2) is 0 Å². The number of thioether (sulfide) groups is 1. The van der Waals surface area contributed by atoms with E-state index in [-0.39, 0.29) is 11.7 Å². The van der Waals surface area contributed by atoms with E-state index in [2.05, 4.69) is 15.5 Å². The topological polar surface area (TPSA) is 69.0 Å². The molecule has 0 atom stereocenters. The molecule has 0 saturated carbocycles. The fourth-order valence-electron chi connectivity index (χ4n) is 2.38. The lowest BCUT2D eigenvalue weighted by Crippen LogP contribution is -2.15. The SMILES string of the molecule is COc1ccccc1NC(=O)CSc1nnc(-c2ccccc2Cl)n1C. The van der Waals surface area contributed by atoms with Crippen LogP contribution >= 0.6 is 23.4 Å². The van der Waals surface area contributed by atoms with E-state index in [1.807, 2.05) is 41.9 Å². The van der Waals surface area contributed by atoms with Gasteiger partial charge in [-0.3, -0.25) is 4.79 Å². The molecule has 0 bridgehead atoms. The maximum Gasteiger partial charge on any atom is 0.234 e. The van der Waals surface area contributed by atoms with E-state index in [9.17, 15) is 4.79 Å². The number of carbonyl (C=O) groups is 1. The number of nitrogens with zero attached hydrogens (tertiary/aromatic N) is 3. The summed E-state index contributed by atoms with van der Waals surface area (Å²) in [6.45, 7) is 0. The molecule has 8 heteroatoms. The molecular weight excluding hydrogens is 372 g/mol. The number of ether oxygens (including phenoxy) is 1. The molecule has 0 aliphatic heterocycles. The first-order valence-corrected chi connectivity index (χ1v) is 9.16. The fourth-order valence-corrected chi connectivity index (χ4v) is 3.31. The molecule has 3 aromatic rings. The van der Waals surface area contributed by atoms with Gasteiger partial charge < -0.3 is 14.6 Å². The molecule has 2 aromatic carbocycles. The summed E-state index contributed by atoms with van der Waals surface area (Å²) in [7, 11) is 3.41. The monoisotopic (exact) mass is 388 g/mol. The summed E-state index contributed by atoms with van der Waals surface area (Å²) in [5.41, 5.74) is 1.44. The van der Waals surface area contributed by atoms with Gasteiger partial charge in [0.25, 0.3) is 0 Å². The van der Waals surface area contributed by atoms with Crippen molar-refractivity contribution < 1.29 is 9.53 Å². The molecule has 0 aliphatic carbocycles. The summed E-state index contributed by atoms with van der Waals surface area (Å²) >= 11 is 7.53. The van der Waals surface area contributed by atoms with Crippen molar-refractivity contribution in [1.29, 1.82) is 0 Å². The minimum absolute atomic E-state index is 0.151. The molecule has 0 radical (unpaired) electrons. The van der Waals surface area contributed by atoms with Crippen molar-refractivity contribution in [2.45, 2.75) is 5.16 Å². The molecule has 0 unspecified atom stereocenters. The van der Waals surface area contributed by atoms with Crippen molar-refractivity contribution in [3.05, 3.63) is 53.6 Å². The van der Waals surface area contributed by atoms with Gasteiger partial charge in [0.15, 0.2) is 11.0 Å². The van der Waals surface area contributed by atoms with E-state index in [1.54, 1.807) is 25.3 Å². The first-order chi connectivity index (χ1) is 12.6. The van der Waals surface area contributed by atoms with Crippen molar-refractivity contribution in [2.24, 2.45) is 7.05 Å². The van der Waals surface area contributed by atoms with Gasteiger partial charge in [0.1, 0.15) is 5.75 Å². The van der Waals surface area contributed by atoms with Crippen molar-refractivity contribution >= 4 is 35.0 Å². The normalized spacial score (nSPS) is 10.6. The predicted octanol–water partition coefficient (Wildman–Crippen LogP) is 3.87. The van der Waals surface area contributed by atoms with Crippen molar-refractivity contribution in [3.63, 3.8) is 0 Å². The molecule has 0 spiro atoms. The van der Waals surface area contributed by atoms with E-state index in [4.69, 9.17) is 16.3 Å². The second-order valence-electron chi connectivity index (χ2n) is 5.38. The van der Waals surface area contributed by atoms with Crippen LogP contribution in [0.5, 0.6) is 5.75 Å². The first kappa shape index (κ1) is 18.3. The van der Waals surface area contributed by atoms with Crippen LogP contribution in [0.4, 0.5) is 5.69 Å². The van der Waals surface area contributed by atoms with Gasteiger partial charge in [-0.2, -0.15) is 0 Å². The number of benzene rings is 2. The quantitative estimate of drug-likeness (QED) is 0.649. The van der Waals surface area contributed by atoms with Crippen LogP contribution in [0.1, 0.15) is 0 Å². The minimum Gasteiger partial charge on any atom is -0.495 e. The largest absolute Gasteiger partial charge is 0.495 e. The van der Waals surface area contributed by atoms with E-state index < -0.39 is 0 Å². The minimum atomic E-state index is -0.151. The maximum atomic E-state index is 12.2. The van der Waals surface area contributed by atoms with E-state index in [0.717, 1.165) is 5.56 Å². The Hall–Kier alpha value is -2.51. The van der Waals surface area contributed by atoms with Crippen LogP contribution in [0, 0.1) is 0 Å². The molecule has 1 heterocycles. The molecule has 134 valence electrons. The average Bonchev–Trinajstić information content (AvgIpc) is 3.01. The smallest absolute Gasteiger partial charge is 0.234 e. The Morgan fingerprint density at radius 3 is 2.69 bits per heavy atom. The third-order valence-corrected chi connectivity index (χ3v) is 5.01. The van der Waals surface area contributed by atoms with Crippen molar-refractivity contribution in [1.82, 2.24) is 14.8 Å². The number of aromatic nitrogens is 3. The van der Waals surface area contributed by atoms with Crippen LogP contribution in [-0.2, 0) is 11.8 Å². The van der Waals surface area contributed by atoms with E-state index in [1.165, 1.54) is 11.8 Å². The number of nitrogens with one attached hydrogen (secondary N) is 1. The zero-order valence-corrected chi connectivity index (χ0v) is 15.8. The lowest BCUT2D eigenvalue weighted by atomic mass is 10.2. The van der Waals surface area contributed by atoms with Crippen LogP contribution in [0.3, 0.4) is 0 Å². The van der Waals surface area contributed by atoms with Gasteiger partial charge in [-0.1, -0.05) is 47.6 Å². The number of para-hydroxylation sites is 2. The Bertz CT molecular complexity index is 929. The molecule has 0 aliphatic rings. The van der Waals surface area contributed by atoms with Gasteiger partial charge in [0, 0.05) is 12.6 Å². The Balaban J connectivity index is 1.67. The zero-order valence-electron chi connectivity index (χ0n) is 14.3. The number of hydrogen-bond acceptors (Lipinski definition) is 5. The van der Waals surface area contributed by atoms with E-state index >= 15 is 0 Å². The summed E-state index contributed by atoms with van der Waals surface area (Å²) in [5.74, 6) is 1.32. The Kier molecular flexibility index (Phi) is 5.80. The molecule has 3 rings (SSSR count). The van der Waals surface area contributed by atoms with Crippen LogP contribution in [-0.4, -0.2) is 33.5 Å². The molecule has 0 fully saturated rings. The fraction of sp³-hybridized carbons (Fsp3) is 0.167. The molecule has 1 N–H and O–H groups in total. The lowest BCUT2D eigenvalue weighted by molar-refractivity contribution is -0.113. The second kappa shape index (κ2) is 8.25. The van der Waals surface area contributed by atoms with Gasteiger partial charge in [0.05, 0.1) is 23.6 Å². The zero-order chi connectivity index (χ0) is 18.5. The Morgan fingerprint density at radius 1 is 1.19 bits per heavy atom. The summed E-state index contributed by atoms with van der Waals surface area (Å²) in [4.78, 5) is 12.2. The van der Waals surface area contributed by atoms with Gasteiger partial charge >= 0.3 is 0 Å². The standard InChI is InChI=1S/C18H17ClN4O2S/c1-23-17(12-7-3-4-8-13(12)19)21-22-18(23)26-11-16(24)20-14-9-5-6-10-15(14)25-2/h3-10H,11H2,1-2H3,(H,20,24). The number of hydrogen-bond donors (Lipinski definition) is 1. The number of carbonyl (C=O) groups excluding carboxylic acids is 1. The summed E-state index contributed by atoms with van der Waals surface area (Å²) in [6, 6.07) is 14.7. The molecule has 1 aromatic heterocycles. The summed E-state index contributed by atoms with van der Waals surface area (Å²) < 4.78 is 7.05. The van der Waals surface area contributed by atoms with Crippen LogP contribution in [0.2, 0.25) is 5.02 Å².